The number of hydrogen-bond donors (Lipinski definition) is 2. The number of amides is 2. The quantitative estimate of drug-likeness (QED) is 0.601. The van der Waals surface area contributed by atoms with Gasteiger partial charge in [-0.3, -0.25) is 9.59 Å². The second-order valence-corrected chi connectivity index (χ2v) is 4.33. The van der Waals surface area contributed by atoms with E-state index in [1.165, 1.54) is 0 Å². The molecule has 0 spiro atoms. The molecule has 1 heterocycles. The van der Waals surface area contributed by atoms with E-state index in [0.717, 1.165) is 5.56 Å². The minimum Gasteiger partial charge on any atom is -0.345 e. The van der Waals surface area contributed by atoms with E-state index in [1.54, 1.807) is 17.4 Å². The van der Waals surface area contributed by atoms with Gasteiger partial charge in [-0.15, -0.1) is 0 Å². The molecule has 6 heteroatoms. The lowest BCUT2D eigenvalue weighted by Crippen LogP contribution is -2.44. The summed E-state index contributed by atoms with van der Waals surface area (Å²) in [6.07, 6.45) is 0.681. The van der Waals surface area contributed by atoms with Crippen LogP contribution in [0.15, 0.2) is 16.8 Å². The number of nitrogens with zero attached hydrogens (tertiary/aromatic N) is 1. The van der Waals surface area contributed by atoms with Crippen LogP contribution in [-0.2, 0) is 16.0 Å². The van der Waals surface area contributed by atoms with Gasteiger partial charge in [0, 0.05) is 6.04 Å². The first-order chi connectivity index (χ1) is 8.13. The topological polar surface area (TPSA) is 82.0 Å². The molecule has 1 rings (SSSR count). The van der Waals surface area contributed by atoms with Crippen LogP contribution in [0.25, 0.3) is 0 Å². The number of hydrogen-bond acceptors (Lipinski definition) is 4. The fourth-order valence-corrected chi connectivity index (χ4v) is 1.98. The van der Waals surface area contributed by atoms with Gasteiger partial charge in [-0.2, -0.15) is 16.6 Å². The normalized spacial score (nSPS) is 11.3. The zero-order chi connectivity index (χ0) is 12.7. The maximum absolute atomic E-state index is 11.4. The first-order valence-electron chi connectivity index (χ1n) is 5.10. The van der Waals surface area contributed by atoms with Crippen molar-refractivity contribution in [2.75, 3.05) is 6.54 Å². The largest absolute Gasteiger partial charge is 0.345 e. The molecule has 0 aliphatic heterocycles. The molecule has 0 saturated heterocycles. The Morgan fingerprint density at radius 3 is 2.88 bits per heavy atom. The third-order valence-corrected chi connectivity index (χ3v) is 2.77. The van der Waals surface area contributed by atoms with E-state index in [0.29, 0.717) is 6.42 Å². The highest BCUT2D eigenvalue weighted by atomic mass is 32.1. The second-order valence-electron chi connectivity index (χ2n) is 3.55. The lowest BCUT2D eigenvalue weighted by Gasteiger charge is -2.12. The fourth-order valence-electron chi connectivity index (χ4n) is 1.30. The molecule has 1 aromatic heterocycles. The maximum Gasteiger partial charge on any atom is 0.310 e. The molecule has 0 aliphatic rings. The van der Waals surface area contributed by atoms with E-state index in [-0.39, 0.29) is 12.6 Å². The first kappa shape index (κ1) is 13.2. The number of carbonyl (C=O) groups is 2. The Labute approximate surface area is 103 Å². The molecule has 0 radical (unpaired) electrons. The summed E-state index contributed by atoms with van der Waals surface area (Å²) >= 11 is 1.59. The first-order valence-corrected chi connectivity index (χ1v) is 6.04. The highest BCUT2D eigenvalue weighted by Crippen LogP contribution is 2.08. The molecule has 0 bridgehead atoms. The van der Waals surface area contributed by atoms with Crippen molar-refractivity contribution in [2.24, 2.45) is 0 Å². The fraction of sp³-hybridized carbons (Fsp3) is 0.364. The molecular formula is C11H13N3O2S. The Kier molecular flexibility index (Phi) is 5.17. The van der Waals surface area contributed by atoms with Gasteiger partial charge in [0.2, 0.25) is 0 Å². The Morgan fingerprint density at radius 1 is 1.53 bits per heavy atom. The van der Waals surface area contributed by atoms with Crippen molar-refractivity contribution >= 4 is 23.2 Å². The van der Waals surface area contributed by atoms with E-state index in [9.17, 15) is 9.59 Å². The van der Waals surface area contributed by atoms with Crippen molar-refractivity contribution in [1.29, 1.82) is 5.26 Å². The zero-order valence-corrected chi connectivity index (χ0v) is 10.2. The molecule has 0 aliphatic carbocycles. The lowest BCUT2D eigenvalue weighted by atomic mass is 10.1. The van der Waals surface area contributed by atoms with Crippen molar-refractivity contribution < 1.29 is 9.59 Å². The summed E-state index contributed by atoms with van der Waals surface area (Å²) in [5.74, 6) is -1.48. The molecule has 5 nitrogen and oxygen atoms in total. The van der Waals surface area contributed by atoms with Crippen molar-refractivity contribution in [3.8, 4) is 6.07 Å². The molecule has 0 aromatic carbocycles. The van der Waals surface area contributed by atoms with Crippen LogP contribution in [0.3, 0.4) is 0 Å². The standard InChI is InChI=1S/C11H13N3O2S/c1-8(6-9-2-5-17-7-9)14-11(16)10(15)13-4-3-12/h2,5,7-8H,4,6H2,1H3,(H,13,15)(H,14,16). The lowest BCUT2D eigenvalue weighted by molar-refractivity contribution is -0.139. The second kappa shape index (κ2) is 6.66. The summed E-state index contributed by atoms with van der Waals surface area (Å²) in [5.41, 5.74) is 1.13. The van der Waals surface area contributed by atoms with Gasteiger partial charge in [-0.1, -0.05) is 0 Å². The molecule has 90 valence electrons. The van der Waals surface area contributed by atoms with Gasteiger partial charge in [0.05, 0.1) is 6.07 Å². The minimum atomic E-state index is -0.774. The SMILES string of the molecule is CC(Cc1ccsc1)NC(=O)C(=O)NCC#N. The van der Waals surface area contributed by atoms with Crippen LogP contribution in [0.1, 0.15) is 12.5 Å². The number of rotatable bonds is 4. The third-order valence-electron chi connectivity index (χ3n) is 2.03. The van der Waals surface area contributed by atoms with Gasteiger partial charge >= 0.3 is 11.8 Å². The van der Waals surface area contributed by atoms with Crippen molar-refractivity contribution in [1.82, 2.24) is 10.6 Å². The van der Waals surface area contributed by atoms with Crippen LogP contribution >= 0.6 is 11.3 Å². The molecule has 0 saturated carbocycles. The third kappa shape index (κ3) is 4.66. The number of thiophene rings is 1. The smallest absolute Gasteiger partial charge is 0.310 e. The van der Waals surface area contributed by atoms with Crippen molar-refractivity contribution in [3.05, 3.63) is 22.4 Å². The van der Waals surface area contributed by atoms with Crippen LogP contribution in [0, 0.1) is 11.3 Å². The van der Waals surface area contributed by atoms with Crippen molar-refractivity contribution in [2.45, 2.75) is 19.4 Å². The molecule has 1 aromatic rings. The molecule has 0 fully saturated rings. The van der Waals surface area contributed by atoms with Gasteiger partial charge in [-0.05, 0) is 35.7 Å². The highest BCUT2D eigenvalue weighted by Gasteiger charge is 2.15. The molecule has 2 amide bonds. The monoisotopic (exact) mass is 251 g/mol. The van der Waals surface area contributed by atoms with E-state index in [1.807, 2.05) is 23.8 Å². The summed E-state index contributed by atoms with van der Waals surface area (Å²) in [5, 5.41) is 17.0. The minimum absolute atomic E-state index is 0.120. The van der Waals surface area contributed by atoms with Crippen molar-refractivity contribution in [3.63, 3.8) is 0 Å². The molecule has 17 heavy (non-hydrogen) atoms. The van der Waals surface area contributed by atoms with Gasteiger partial charge in [0.1, 0.15) is 6.54 Å². The molecular weight excluding hydrogens is 238 g/mol. The van der Waals surface area contributed by atoms with E-state index >= 15 is 0 Å². The Bertz CT molecular complexity index is 422. The van der Waals surface area contributed by atoms with E-state index < -0.39 is 11.8 Å². The average Bonchev–Trinajstić information content (AvgIpc) is 2.78. The van der Waals surface area contributed by atoms with Gasteiger partial charge in [-0.25, -0.2) is 0 Å². The van der Waals surface area contributed by atoms with Crippen LogP contribution in [0.4, 0.5) is 0 Å². The van der Waals surface area contributed by atoms with E-state index in [4.69, 9.17) is 5.26 Å². The number of nitrogens with one attached hydrogen (secondary N) is 2. The van der Waals surface area contributed by atoms with Gasteiger partial charge in [0.15, 0.2) is 0 Å². The van der Waals surface area contributed by atoms with Crippen LogP contribution in [-0.4, -0.2) is 24.4 Å². The van der Waals surface area contributed by atoms with Gasteiger partial charge < -0.3 is 10.6 Å². The summed E-state index contributed by atoms with van der Waals surface area (Å²) < 4.78 is 0. The predicted octanol–water partition coefficient (Wildman–Crippen LogP) is 0.435. The summed E-state index contributed by atoms with van der Waals surface area (Å²) in [7, 11) is 0. The van der Waals surface area contributed by atoms with Gasteiger partial charge in [0.25, 0.3) is 0 Å². The van der Waals surface area contributed by atoms with Crippen LogP contribution in [0.2, 0.25) is 0 Å². The number of nitriles is 1. The van der Waals surface area contributed by atoms with E-state index in [2.05, 4.69) is 10.6 Å². The molecule has 1 atom stereocenters. The predicted molar refractivity (Wildman–Crippen MR) is 64.3 cm³/mol. The Hall–Kier alpha value is -1.87. The molecule has 2 N–H and O–H groups in total. The highest BCUT2D eigenvalue weighted by molar-refractivity contribution is 7.07. The van der Waals surface area contributed by atoms with Crippen LogP contribution in [0.5, 0.6) is 0 Å². The Balaban J connectivity index is 2.35. The Morgan fingerprint density at radius 2 is 2.29 bits per heavy atom. The molecule has 1 unspecified atom stereocenters. The average molecular weight is 251 g/mol. The summed E-state index contributed by atoms with van der Waals surface area (Å²) in [6.45, 7) is 1.66. The number of carbonyl (C=O) groups excluding carboxylic acids is 2. The summed E-state index contributed by atoms with van der Waals surface area (Å²) in [6, 6.07) is 3.59. The van der Waals surface area contributed by atoms with Crippen LogP contribution < -0.4 is 10.6 Å². The maximum atomic E-state index is 11.4. The zero-order valence-electron chi connectivity index (χ0n) is 9.40. The summed E-state index contributed by atoms with van der Waals surface area (Å²) in [4.78, 5) is 22.5.